The standard InChI is InChI=1S/C10H10FN3O2S/c11-9-2-1-8(17-9)4-12-7-3-13-14(5-7)6-10(15)16/h1-3,5,12H,4,6H2,(H,15,16). The van der Waals surface area contributed by atoms with Crippen LogP contribution in [0.15, 0.2) is 24.5 Å². The molecule has 2 aromatic heterocycles. The van der Waals surface area contributed by atoms with E-state index >= 15 is 0 Å². The van der Waals surface area contributed by atoms with Gasteiger partial charge < -0.3 is 10.4 Å². The molecule has 0 amide bonds. The van der Waals surface area contributed by atoms with E-state index in [0.717, 1.165) is 16.2 Å². The zero-order chi connectivity index (χ0) is 12.3. The number of nitrogens with zero attached hydrogens (tertiary/aromatic N) is 2. The molecule has 5 nitrogen and oxygen atoms in total. The Kier molecular flexibility index (Phi) is 3.38. The number of thiophene rings is 1. The quantitative estimate of drug-likeness (QED) is 0.854. The Bertz CT molecular complexity index is 523. The van der Waals surface area contributed by atoms with E-state index in [1.165, 1.54) is 16.9 Å². The lowest BCUT2D eigenvalue weighted by Gasteiger charge is -1.99. The Balaban J connectivity index is 1.91. The van der Waals surface area contributed by atoms with Crippen molar-refractivity contribution in [2.75, 3.05) is 5.32 Å². The average Bonchev–Trinajstić information content (AvgIpc) is 2.84. The van der Waals surface area contributed by atoms with Crippen molar-refractivity contribution in [1.82, 2.24) is 9.78 Å². The number of anilines is 1. The highest BCUT2D eigenvalue weighted by Crippen LogP contribution is 2.16. The molecule has 90 valence electrons. The Hall–Kier alpha value is -1.89. The van der Waals surface area contributed by atoms with Gasteiger partial charge in [-0.2, -0.15) is 9.49 Å². The first-order chi connectivity index (χ1) is 8.13. The van der Waals surface area contributed by atoms with Crippen LogP contribution in [-0.4, -0.2) is 20.9 Å². The van der Waals surface area contributed by atoms with Crippen LogP contribution in [-0.2, 0) is 17.9 Å². The minimum absolute atomic E-state index is 0.171. The predicted octanol–water partition coefficient (Wildman–Crippen LogP) is 1.78. The average molecular weight is 255 g/mol. The largest absolute Gasteiger partial charge is 0.480 e. The van der Waals surface area contributed by atoms with Gasteiger partial charge in [-0.25, -0.2) is 0 Å². The molecule has 0 saturated carbocycles. The summed E-state index contributed by atoms with van der Waals surface area (Å²) in [5.74, 6) is -0.944. The van der Waals surface area contributed by atoms with Crippen molar-refractivity contribution in [1.29, 1.82) is 0 Å². The summed E-state index contributed by atoms with van der Waals surface area (Å²) < 4.78 is 14.0. The molecule has 2 aromatic rings. The molecular weight excluding hydrogens is 245 g/mol. The number of hydrogen-bond acceptors (Lipinski definition) is 4. The lowest BCUT2D eigenvalue weighted by molar-refractivity contribution is -0.137. The van der Waals surface area contributed by atoms with Gasteiger partial charge in [-0.3, -0.25) is 9.48 Å². The van der Waals surface area contributed by atoms with Gasteiger partial charge in [0.05, 0.1) is 11.9 Å². The summed E-state index contributed by atoms with van der Waals surface area (Å²) in [5, 5.41) is 15.3. The topological polar surface area (TPSA) is 67.2 Å². The number of hydrogen-bond donors (Lipinski definition) is 2. The van der Waals surface area contributed by atoms with E-state index in [-0.39, 0.29) is 11.7 Å². The van der Waals surface area contributed by atoms with Gasteiger partial charge in [0.25, 0.3) is 0 Å². The molecule has 0 aromatic carbocycles. The Morgan fingerprint density at radius 3 is 3.06 bits per heavy atom. The molecular formula is C10H10FN3O2S. The third-order valence-corrected chi connectivity index (χ3v) is 2.90. The van der Waals surface area contributed by atoms with Crippen LogP contribution < -0.4 is 5.32 Å². The highest BCUT2D eigenvalue weighted by molar-refractivity contribution is 7.10. The number of aromatic nitrogens is 2. The van der Waals surface area contributed by atoms with E-state index in [1.54, 1.807) is 12.3 Å². The first-order valence-corrected chi connectivity index (χ1v) is 5.67. The van der Waals surface area contributed by atoms with Crippen molar-refractivity contribution < 1.29 is 14.3 Å². The number of halogens is 1. The molecule has 0 aliphatic rings. The van der Waals surface area contributed by atoms with Crippen molar-refractivity contribution in [3.63, 3.8) is 0 Å². The van der Waals surface area contributed by atoms with Crippen molar-refractivity contribution in [2.24, 2.45) is 0 Å². The molecule has 2 rings (SSSR count). The van der Waals surface area contributed by atoms with E-state index in [0.29, 0.717) is 12.2 Å². The van der Waals surface area contributed by atoms with Crippen molar-refractivity contribution >= 4 is 23.0 Å². The second kappa shape index (κ2) is 4.96. The third-order valence-electron chi connectivity index (χ3n) is 2.03. The summed E-state index contributed by atoms with van der Waals surface area (Å²) >= 11 is 1.07. The summed E-state index contributed by atoms with van der Waals surface area (Å²) in [6.45, 7) is 0.322. The Morgan fingerprint density at radius 2 is 2.41 bits per heavy atom. The number of carbonyl (C=O) groups is 1. The van der Waals surface area contributed by atoms with Crippen LogP contribution in [0, 0.1) is 5.13 Å². The number of nitrogens with one attached hydrogen (secondary N) is 1. The summed E-state index contributed by atoms with van der Waals surface area (Å²) in [6, 6.07) is 3.12. The summed E-state index contributed by atoms with van der Waals surface area (Å²) in [5.41, 5.74) is 0.708. The smallest absolute Gasteiger partial charge is 0.325 e. The maximum Gasteiger partial charge on any atom is 0.325 e. The van der Waals surface area contributed by atoms with Crippen LogP contribution in [0.2, 0.25) is 0 Å². The highest BCUT2D eigenvalue weighted by atomic mass is 32.1. The first kappa shape index (κ1) is 11.6. The van der Waals surface area contributed by atoms with E-state index in [9.17, 15) is 9.18 Å². The summed E-state index contributed by atoms with van der Waals surface area (Å²) in [7, 11) is 0. The minimum atomic E-state index is -0.944. The monoisotopic (exact) mass is 255 g/mol. The van der Waals surface area contributed by atoms with E-state index < -0.39 is 5.97 Å². The predicted molar refractivity (Wildman–Crippen MR) is 61.5 cm³/mol. The van der Waals surface area contributed by atoms with Gasteiger partial charge in [0.1, 0.15) is 6.54 Å². The van der Waals surface area contributed by atoms with Gasteiger partial charge in [0, 0.05) is 17.6 Å². The van der Waals surface area contributed by atoms with Gasteiger partial charge in [0.2, 0.25) is 0 Å². The van der Waals surface area contributed by atoms with E-state index in [1.807, 2.05) is 0 Å². The molecule has 2 heterocycles. The number of rotatable bonds is 5. The summed E-state index contributed by atoms with van der Waals surface area (Å²) in [6.07, 6.45) is 3.13. The molecule has 0 bridgehead atoms. The molecule has 17 heavy (non-hydrogen) atoms. The molecule has 0 radical (unpaired) electrons. The molecule has 0 aliphatic carbocycles. The highest BCUT2D eigenvalue weighted by Gasteiger charge is 2.03. The van der Waals surface area contributed by atoms with Crippen LogP contribution in [0.3, 0.4) is 0 Å². The van der Waals surface area contributed by atoms with E-state index in [2.05, 4.69) is 10.4 Å². The molecule has 0 unspecified atom stereocenters. The van der Waals surface area contributed by atoms with Crippen LogP contribution in [0.5, 0.6) is 0 Å². The van der Waals surface area contributed by atoms with E-state index in [4.69, 9.17) is 5.11 Å². The molecule has 7 heteroatoms. The van der Waals surface area contributed by atoms with Gasteiger partial charge in [0.15, 0.2) is 5.13 Å². The van der Waals surface area contributed by atoms with Crippen molar-refractivity contribution in [3.8, 4) is 0 Å². The first-order valence-electron chi connectivity index (χ1n) is 4.86. The van der Waals surface area contributed by atoms with Crippen LogP contribution in [0.4, 0.5) is 10.1 Å². The van der Waals surface area contributed by atoms with Gasteiger partial charge in [-0.1, -0.05) is 0 Å². The molecule has 2 N–H and O–H groups in total. The SMILES string of the molecule is O=C(O)Cn1cc(NCc2ccc(F)s2)cn1. The maximum atomic E-state index is 12.7. The zero-order valence-corrected chi connectivity index (χ0v) is 9.58. The fourth-order valence-corrected chi connectivity index (χ4v) is 1.98. The fourth-order valence-electron chi connectivity index (χ4n) is 1.32. The Labute approximate surface area is 101 Å². The molecule has 0 spiro atoms. The molecule has 0 fully saturated rings. The van der Waals surface area contributed by atoms with Crippen LogP contribution >= 0.6 is 11.3 Å². The molecule has 0 aliphatic heterocycles. The maximum absolute atomic E-state index is 12.7. The van der Waals surface area contributed by atoms with Gasteiger partial charge >= 0.3 is 5.97 Å². The zero-order valence-electron chi connectivity index (χ0n) is 8.76. The normalized spacial score (nSPS) is 10.4. The second-order valence-electron chi connectivity index (χ2n) is 3.38. The minimum Gasteiger partial charge on any atom is -0.480 e. The lowest BCUT2D eigenvalue weighted by Crippen LogP contribution is -2.08. The Morgan fingerprint density at radius 1 is 1.59 bits per heavy atom. The number of carboxylic acids is 1. The van der Waals surface area contributed by atoms with Crippen molar-refractivity contribution in [2.45, 2.75) is 13.1 Å². The number of carboxylic acid groups (broad SMARTS) is 1. The van der Waals surface area contributed by atoms with Gasteiger partial charge in [-0.15, -0.1) is 11.3 Å². The molecule has 0 atom stereocenters. The van der Waals surface area contributed by atoms with Crippen LogP contribution in [0.1, 0.15) is 4.88 Å². The van der Waals surface area contributed by atoms with Crippen molar-refractivity contribution in [3.05, 3.63) is 34.5 Å². The van der Waals surface area contributed by atoms with Gasteiger partial charge in [-0.05, 0) is 12.1 Å². The summed E-state index contributed by atoms with van der Waals surface area (Å²) in [4.78, 5) is 11.3. The molecule has 0 saturated heterocycles. The van der Waals surface area contributed by atoms with Crippen LogP contribution in [0.25, 0.3) is 0 Å². The lowest BCUT2D eigenvalue weighted by atomic mass is 10.4. The second-order valence-corrected chi connectivity index (χ2v) is 4.50. The number of aliphatic carboxylic acids is 1. The fraction of sp³-hybridized carbons (Fsp3) is 0.200. The third kappa shape index (κ3) is 3.28.